The number of carbonyl (C=O) groups excluding carboxylic acids is 2. The summed E-state index contributed by atoms with van der Waals surface area (Å²) < 4.78 is 4.88. The summed E-state index contributed by atoms with van der Waals surface area (Å²) in [6, 6.07) is 19.9. The maximum absolute atomic E-state index is 12.1. The van der Waals surface area contributed by atoms with E-state index in [4.69, 9.17) is 4.74 Å². The lowest BCUT2D eigenvalue weighted by Crippen LogP contribution is -2.26. The van der Waals surface area contributed by atoms with Crippen LogP contribution in [0.1, 0.15) is 30.5 Å². The highest BCUT2D eigenvalue weighted by molar-refractivity contribution is 5.97. The lowest BCUT2D eigenvalue weighted by molar-refractivity contribution is -0.136. The SMILES string of the molecule is COC(=O)C1=CN(C(c2ccccc2)c2ccccc2)C=C(C(C)=O)C1. The number of ether oxygens (including phenoxy) is 1. The Hall–Kier alpha value is -3.14. The monoisotopic (exact) mass is 347 g/mol. The minimum Gasteiger partial charge on any atom is -0.466 e. The Morgan fingerprint density at radius 2 is 1.38 bits per heavy atom. The van der Waals surface area contributed by atoms with Gasteiger partial charge < -0.3 is 9.64 Å². The fourth-order valence-corrected chi connectivity index (χ4v) is 3.12. The molecule has 0 spiro atoms. The predicted molar refractivity (Wildman–Crippen MR) is 100 cm³/mol. The Morgan fingerprint density at radius 3 is 1.85 bits per heavy atom. The molecule has 0 saturated heterocycles. The molecular formula is C22H21NO3. The van der Waals surface area contributed by atoms with Gasteiger partial charge >= 0.3 is 5.97 Å². The van der Waals surface area contributed by atoms with Gasteiger partial charge in [0.1, 0.15) is 0 Å². The van der Waals surface area contributed by atoms with Crippen LogP contribution in [-0.2, 0) is 14.3 Å². The van der Waals surface area contributed by atoms with Gasteiger partial charge in [0.25, 0.3) is 0 Å². The lowest BCUT2D eigenvalue weighted by atomic mass is 9.94. The molecule has 0 radical (unpaired) electrons. The molecule has 1 aliphatic rings. The number of hydrogen-bond acceptors (Lipinski definition) is 4. The van der Waals surface area contributed by atoms with Crippen molar-refractivity contribution < 1.29 is 14.3 Å². The van der Waals surface area contributed by atoms with E-state index in [1.807, 2.05) is 71.8 Å². The van der Waals surface area contributed by atoms with Gasteiger partial charge in [0.2, 0.25) is 0 Å². The molecule has 0 atom stereocenters. The largest absolute Gasteiger partial charge is 0.466 e. The van der Waals surface area contributed by atoms with Crippen molar-refractivity contribution in [3.8, 4) is 0 Å². The first kappa shape index (κ1) is 17.7. The predicted octanol–water partition coefficient (Wildman–Crippen LogP) is 4.01. The van der Waals surface area contributed by atoms with Crippen molar-refractivity contribution in [2.75, 3.05) is 7.11 Å². The van der Waals surface area contributed by atoms with Crippen molar-refractivity contribution >= 4 is 11.8 Å². The molecule has 1 aliphatic heterocycles. The Bertz CT molecular complexity index is 814. The van der Waals surface area contributed by atoms with Gasteiger partial charge in [0.05, 0.1) is 18.7 Å². The Labute approximate surface area is 153 Å². The second kappa shape index (κ2) is 7.83. The average molecular weight is 347 g/mol. The number of benzene rings is 2. The molecule has 1 heterocycles. The van der Waals surface area contributed by atoms with Gasteiger partial charge in [-0.15, -0.1) is 0 Å². The molecule has 3 rings (SSSR count). The fourth-order valence-electron chi connectivity index (χ4n) is 3.12. The highest BCUT2D eigenvalue weighted by Crippen LogP contribution is 2.33. The van der Waals surface area contributed by atoms with E-state index in [1.165, 1.54) is 14.0 Å². The summed E-state index contributed by atoms with van der Waals surface area (Å²) in [4.78, 5) is 26.1. The molecule has 4 heteroatoms. The van der Waals surface area contributed by atoms with E-state index >= 15 is 0 Å². The van der Waals surface area contributed by atoms with Gasteiger partial charge in [-0.2, -0.15) is 0 Å². The first-order valence-corrected chi connectivity index (χ1v) is 8.48. The van der Waals surface area contributed by atoms with Gasteiger partial charge in [-0.25, -0.2) is 4.79 Å². The molecular weight excluding hydrogens is 326 g/mol. The molecule has 0 N–H and O–H groups in total. The smallest absolute Gasteiger partial charge is 0.335 e. The zero-order valence-electron chi connectivity index (χ0n) is 14.9. The molecule has 0 unspecified atom stereocenters. The normalized spacial score (nSPS) is 13.9. The molecule has 0 amide bonds. The van der Waals surface area contributed by atoms with Crippen molar-refractivity contribution in [2.45, 2.75) is 19.4 Å². The Kier molecular flexibility index (Phi) is 5.32. The lowest BCUT2D eigenvalue weighted by Gasteiger charge is -2.32. The number of nitrogens with zero attached hydrogens (tertiary/aromatic N) is 1. The van der Waals surface area contributed by atoms with Crippen molar-refractivity contribution in [3.63, 3.8) is 0 Å². The maximum atomic E-state index is 12.1. The quantitative estimate of drug-likeness (QED) is 0.767. The zero-order chi connectivity index (χ0) is 18.5. The van der Waals surface area contributed by atoms with E-state index in [-0.39, 0.29) is 18.2 Å². The fraction of sp³-hybridized carbons (Fsp3) is 0.182. The number of esters is 1. The van der Waals surface area contributed by atoms with Crippen molar-refractivity contribution in [3.05, 3.63) is 95.3 Å². The molecule has 0 bridgehead atoms. The third kappa shape index (κ3) is 3.75. The van der Waals surface area contributed by atoms with E-state index in [2.05, 4.69) is 0 Å². The number of allylic oxidation sites excluding steroid dienone is 1. The van der Waals surface area contributed by atoms with Gasteiger partial charge in [-0.3, -0.25) is 4.79 Å². The molecule has 4 nitrogen and oxygen atoms in total. The summed E-state index contributed by atoms with van der Waals surface area (Å²) in [6.07, 6.45) is 3.90. The van der Waals surface area contributed by atoms with Crippen LogP contribution < -0.4 is 0 Å². The minimum absolute atomic E-state index is 0.0515. The topological polar surface area (TPSA) is 46.6 Å². The summed E-state index contributed by atoms with van der Waals surface area (Å²) in [5, 5.41) is 0. The van der Waals surface area contributed by atoms with Gasteiger partial charge in [0.15, 0.2) is 5.78 Å². The second-order valence-corrected chi connectivity index (χ2v) is 6.20. The number of carbonyl (C=O) groups is 2. The van der Waals surface area contributed by atoms with Crippen LogP contribution in [0.5, 0.6) is 0 Å². The molecule has 0 saturated carbocycles. The zero-order valence-corrected chi connectivity index (χ0v) is 14.9. The van der Waals surface area contributed by atoms with Crippen LogP contribution in [0.2, 0.25) is 0 Å². The highest BCUT2D eigenvalue weighted by Gasteiger charge is 2.26. The molecule has 26 heavy (non-hydrogen) atoms. The van der Waals surface area contributed by atoms with Gasteiger partial charge in [-0.05, 0) is 18.1 Å². The van der Waals surface area contributed by atoms with Crippen LogP contribution in [0, 0.1) is 0 Å². The molecule has 2 aromatic rings. The van der Waals surface area contributed by atoms with Gasteiger partial charge in [-0.1, -0.05) is 60.7 Å². The van der Waals surface area contributed by atoms with E-state index in [9.17, 15) is 9.59 Å². The van der Waals surface area contributed by atoms with Crippen molar-refractivity contribution in [2.24, 2.45) is 0 Å². The first-order valence-electron chi connectivity index (χ1n) is 8.48. The highest BCUT2D eigenvalue weighted by atomic mass is 16.5. The summed E-state index contributed by atoms with van der Waals surface area (Å²) in [5.74, 6) is -0.467. The van der Waals surface area contributed by atoms with Crippen LogP contribution in [0.3, 0.4) is 0 Å². The number of methoxy groups -OCH3 is 1. The molecule has 0 fully saturated rings. The molecule has 0 aromatic heterocycles. The van der Waals surface area contributed by atoms with Crippen LogP contribution in [0.4, 0.5) is 0 Å². The summed E-state index contributed by atoms with van der Waals surface area (Å²) >= 11 is 0. The Balaban J connectivity index is 2.12. The van der Waals surface area contributed by atoms with Crippen LogP contribution >= 0.6 is 0 Å². The molecule has 132 valence electrons. The third-order valence-corrected chi connectivity index (χ3v) is 4.42. The van der Waals surface area contributed by atoms with E-state index < -0.39 is 5.97 Å². The number of Topliss-reactive ketones (excluding diaryl/α,β-unsaturated/α-hetero) is 1. The number of ketones is 1. The third-order valence-electron chi connectivity index (χ3n) is 4.42. The number of hydrogen-bond donors (Lipinski definition) is 0. The van der Waals surface area contributed by atoms with Crippen molar-refractivity contribution in [1.82, 2.24) is 4.90 Å². The van der Waals surface area contributed by atoms with E-state index in [0.29, 0.717) is 11.1 Å². The Morgan fingerprint density at radius 1 is 0.885 bits per heavy atom. The summed E-state index contributed by atoms with van der Waals surface area (Å²) in [7, 11) is 1.35. The second-order valence-electron chi connectivity index (χ2n) is 6.20. The van der Waals surface area contributed by atoms with Gasteiger partial charge in [0, 0.05) is 24.4 Å². The van der Waals surface area contributed by atoms with Crippen LogP contribution in [0.15, 0.2) is 84.2 Å². The maximum Gasteiger partial charge on any atom is 0.335 e. The molecule has 2 aromatic carbocycles. The summed E-state index contributed by atoms with van der Waals surface area (Å²) in [6.45, 7) is 1.52. The average Bonchev–Trinajstić information content (AvgIpc) is 2.69. The standard InChI is InChI=1S/C22H21NO3/c1-16(24)19-13-20(22(25)26-2)15-23(14-19)21(17-9-5-3-6-10-17)18-11-7-4-8-12-18/h3-12,14-15,21H,13H2,1-2H3. The van der Waals surface area contributed by atoms with Crippen molar-refractivity contribution in [1.29, 1.82) is 0 Å². The first-order chi connectivity index (χ1) is 12.6. The summed E-state index contributed by atoms with van der Waals surface area (Å²) in [5.41, 5.74) is 3.20. The van der Waals surface area contributed by atoms with Crippen LogP contribution in [-0.4, -0.2) is 23.8 Å². The van der Waals surface area contributed by atoms with E-state index in [1.54, 1.807) is 6.20 Å². The van der Waals surface area contributed by atoms with Crippen LogP contribution in [0.25, 0.3) is 0 Å². The minimum atomic E-state index is -0.415. The number of rotatable bonds is 5. The molecule has 0 aliphatic carbocycles. The van der Waals surface area contributed by atoms with E-state index in [0.717, 1.165) is 11.1 Å².